The van der Waals surface area contributed by atoms with Gasteiger partial charge in [-0.3, -0.25) is 4.79 Å². The maximum atomic E-state index is 10.8. The monoisotopic (exact) mass is 227 g/mol. The highest BCUT2D eigenvalue weighted by Gasteiger charge is 2.09. The minimum atomic E-state index is -0.981. The number of halogens is 2. The van der Waals surface area contributed by atoms with Gasteiger partial charge in [0.05, 0.1) is 6.10 Å². The van der Waals surface area contributed by atoms with E-state index in [1.54, 1.807) is 0 Å². The molecule has 0 aliphatic rings. The van der Waals surface area contributed by atoms with Crippen LogP contribution >= 0.6 is 23.2 Å². The van der Waals surface area contributed by atoms with Gasteiger partial charge in [-0.25, -0.2) is 0 Å². The molecule has 13 heavy (non-hydrogen) atoms. The van der Waals surface area contributed by atoms with Crippen LogP contribution in [-0.2, 0) is 9.53 Å². The summed E-state index contributed by atoms with van der Waals surface area (Å²) in [5.41, 5.74) is 0. The van der Waals surface area contributed by atoms with Crippen LogP contribution in [0.4, 0.5) is 0 Å². The first kappa shape index (κ1) is 13.0. The van der Waals surface area contributed by atoms with Crippen LogP contribution in [0.25, 0.3) is 0 Å². The molecule has 0 radical (unpaired) electrons. The molecule has 1 amide bonds. The van der Waals surface area contributed by atoms with Crippen molar-refractivity contribution in [2.45, 2.75) is 31.2 Å². The van der Waals surface area contributed by atoms with Gasteiger partial charge >= 0.3 is 0 Å². The molecule has 0 bridgehead atoms. The molecule has 3 nitrogen and oxygen atoms in total. The van der Waals surface area contributed by atoms with E-state index in [4.69, 9.17) is 27.9 Å². The fraction of sp³-hybridized carbons (Fsp3) is 0.875. The average Bonchev–Trinajstić information content (AvgIpc) is 2.02. The van der Waals surface area contributed by atoms with Crippen LogP contribution in [0, 0.1) is 0 Å². The van der Waals surface area contributed by atoms with Gasteiger partial charge in [0.15, 0.2) is 4.84 Å². The second-order valence-corrected chi connectivity index (χ2v) is 3.96. The molecule has 5 heteroatoms. The molecule has 0 aromatic rings. The Balaban J connectivity index is 3.21. The van der Waals surface area contributed by atoms with Crippen LogP contribution in [0.5, 0.6) is 0 Å². The van der Waals surface area contributed by atoms with Crippen LogP contribution in [-0.4, -0.2) is 30.0 Å². The molecule has 0 unspecified atom stereocenters. The predicted octanol–water partition coefficient (Wildman–Crippen LogP) is 1.72. The Bertz CT molecular complexity index is 151. The standard InChI is InChI=1S/C8H15Cl2NO2/c1-6(2)13-5-3-4-11-8(12)7(9)10/h6-7H,3-5H2,1-2H3,(H,11,12). The number of ether oxygens (including phenoxy) is 1. The van der Waals surface area contributed by atoms with Gasteiger partial charge in [0.2, 0.25) is 0 Å². The highest BCUT2D eigenvalue weighted by molar-refractivity contribution is 6.53. The number of rotatable bonds is 6. The topological polar surface area (TPSA) is 38.3 Å². The molecule has 0 saturated carbocycles. The molecule has 0 spiro atoms. The summed E-state index contributed by atoms with van der Waals surface area (Å²) in [6.45, 7) is 5.10. The van der Waals surface area contributed by atoms with Gasteiger partial charge in [0.25, 0.3) is 5.91 Å². The lowest BCUT2D eigenvalue weighted by Crippen LogP contribution is -2.29. The van der Waals surface area contributed by atoms with Crippen molar-refractivity contribution in [1.29, 1.82) is 0 Å². The van der Waals surface area contributed by atoms with Crippen LogP contribution in [0.3, 0.4) is 0 Å². The van der Waals surface area contributed by atoms with Crippen molar-refractivity contribution >= 4 is 29.1 Å². The summed E-state index contributed by atoms with van der Waals surface area (Å²) < 4.78 is 5.27. The second-order valence-electron chi connectivity index (χ2n) is 2.86. The van der Waals surface area contributed by atoms with E-state index >= 15 is 0 Å². The van der Waals surface area contributed by atoms with Crippen molar-refractivity contribution in [1.82, 2.24) is 5.32 Å². The van der Waals surface area contributed by atoms with Crippen molar-refractivity contribution in [3.05, 3.63) is 0 Å². The van der Waals surface area contributed by atoms with Gasteiger partial charge in [-0.05, 0) is 20.3 Å². The lowest BCUT2D eigenvalue weighted by atomic mass is 10.4. The number of carbonyl (C=O) groups is 1. The van der Waals surface area contributed by atoms with E-state index in [9.17, 15) is 4.79 Å². The van der Waals surface area contributed by atoms with Gasteiger partial charge in [0.1, 0.15) is 0 Å². The van der Waals surface area contributed by atoms with Crippen molar-refractivity contribution in [3.63, 3.8) is 0 Å². The summed E-state index contributed by atoms with van der Waals surface area (Å²) in [5.74, 6) is -0.354. The molecular weight excluding hydrogens is 213 g/mol. The number of nitrogens with one attached hydrogen (secondary N) is 1. The minimum absolute atomic E-state index is 0.226. The predicted molar refractivity (Wildman–Crippen MR) is 54.2 cm³/mol. The van der Waals surface area contributed by atoms with Gasteiger partial charge in [-0.15, -0.1) is 0 Å². The number of amides is 1. The Labute approximate surface area is 88.7 Å². The molecule has 0 aliphatic carbocycles. The van der Waals surface area contributed by atoms with Gasteiger partial charge in [-0.1, -0.05) is 23.2 Å². The molecule has 0 aliphatic heterocycles. The molecule has 1 N–H and O–H groups in total. The zero-order valence-corrected chi connectivity index (χ0v) is 9.36. The van der Waals surface area contributed by atoms with Crippen molar-refractivity contribution in [3.8, 4) is 0 Å². The molecule has 0 saturated heterocycles. The van der Waals surface area contributed by atoms with Crippen LogP contribution < -0.4 is 5.32 Å². The van der Waals surface area contributed by atoms with E-state index in [0.717, 1.165) is 6.42 Å². The van der Waals surface area contributed by atoms with Gasteiger partial charge in [0, 0.05) is 13.2 Å². The van der Waals surface area contributed by atoms with E-state index in [0.29, 0.717) is 13.2 Å². The van der Waals surface area contributed by atoms with E-state index < -0.39 is 4.84 Å². The first-order valence-corrected chi connectivity index (χ1v) is 5.08. The Morgan fingerprint density at radius 3 is 2.54 bits per heavy atom. The summed E-state index contributed by atoms with van der Waals surface area (Å²) in [6, 6.07) is 0. The highest BCUT2D eigenvalue weighted by Crippen LogP contribution is 2.00. The highest BCUT2D eigenvalue weighted by atomic mass is 35.5. The average molecular weight is 228 g/mol. The number of hydrogen-bond donors (Lipinski definition) is 1. The second kappa shape index (κ2) is 7.42. The van der Waals surface area contributed by atoms with Crippen LogP contribution in [0.2, 0.25) is 0 Å². The molecule has 0 atom stereocenters. The summed E-state index contributed by atoms with van der Waals surface area (Å²) in [6.07, 6.45) is 0.995. The molecule has 0 heterocycles. The third kappa shape index (κ3) is 8.34. The Morgan fingerprint density at radius 1 is 1.46 bits per heavy atom. The van der Waals surface area contributed by atoms with E-state index in [1.165, 1.54) is 0 Å². The Hall–Kier alpha value is 0.01000. The minimum Gasteiger partial charge on any atom is -0.379 e. The number of carbonyl (C=O) groups excluding carboxylic acids is 1. The zero-order valence-electron chi connectivity index (χ0n) is 7.85. The molecule has 0 fully saturated rings. The summed E-state index contributed by atoms with van der Waals surface area (Å²) in [7, 11) is 0. The van der Waals surface area contributed by atoms with Crippen molar-refractivity contribution in [2.75, 3.05) is 13.2 Å². The molecule has 0 aromatic heterocycles. The van der Waals surface area contributed by atoms with Crippen molar-refractivity contribution < 1.29 is 9.53 Å². The largest absolute Gasteiger partial charge is 0.379 e. The third-order valence-corrected chi connectivity index (χ3v) is 1.67. The maximum absolute atomic E-state index is 10.8. The molecule has 78 valence electrons. The summed E-state index contributed by atoms with van der Waals surface area (Å²) in [5, 5.41) is 2.57. The van der Waals surface area contributed by atoms with E-state index in [1.807, 2.05) is 13.8 Å². The van der Waals surface area contributed by atoms with Crippen LogP contribution in [0.15, 0.2) is 0 Å². The molecular formula is C8H15Cl2NO2. The summed E-state index contributed by atoms with van der Waals surface area (Å²) in [4.78, 5) is 9.84. The lowest BCUT2D eigenvalue weighted by molar-refractivity contribution is -0.119. The van der Waals surface area contributed by atoms with Crippen molar-refractivity contribution in [2.24, 2.45) is 0 Å². The third-order valence-electron chi connectivity index (χ3n) is 1.27. The normalized spacial score (nSPS) is 10.9. The van der Waals surface area contributed by atoms with E-state index in [2.05, 4.69) is 5.32 Å². The Morgan fingerprint density at radius 2 is 2.08 bits per heavy atom. The van der Waals surface area contributed by atoms with Crippen LogP contribution in [0.1, 0.15) is 20.3 Å². The molecule has 0 aromatic carbocycles. The maximum Gasteiger partial charge on any atom is 0.253 e. The smallest absolute Gasteiger partial charge is 0.253 e. The number of alkyl halides is 2. The van der Waals surface area contributed by atoms with Gasteiger partial charge < -0.3 is 10.1 Å². The van der Waals surface area contributed by atoms with E-state index in [-0.39, 0.29) is 12.0 Å². The molecule has 0 rings (SSSR count). The lowest BCUT2D eigenvalue weighted by Gasteiger charge is -2.08. The number of hydrogen-bond acceptors (Lipinski definition) is 2. The van der Waals surface area contributed by atoms with Gasteiger partial charge in [-0.2, -0.15) is 0 Å². The SMILES string of the molecule is CC(C)OCCCNC(=O)C(Cl)Cl. The zero-order chi connectivity index (χ0) is 10.3. The Kier molecular flexibility index (Phi) is 7.42. The fourth-order valence-corrected chi connectivity index (χ4v) is 0.834. The summed E-state index contributed by atoms with van der Waals surface area (Å²) >= 11 is 10.6. The first-order valence-electron chi connectivity index (χ1n) is 4.21. The fourth-order valence-electron chi connectivity index (χ4n) is 0.680. The quantitative estimate of drug-likeness (QED) is 0.555. The first-order chi connectivity index (χ1) is 6.04.